The van der Waals surface area contributed by atoms with Crippen LogP contribution in [0.1, 0.15) is 50.2 Å². The van der Waals surface area contributed by atoms with Crippen molar-refractivity contribution >= 4 is 11.8 Å². The molecule has 144 valence electrons. The SMILES string of the molecule is CCCCN(CCNC(=O)CC(c1ccccc1)c1ccccc1)C(C)=O. The first-order valence-electron chi connectivity index (χ1n) is 9.74. The van der Waals surface area contributed by atoms with Crippen LogP contribution < -0.4 is 5.32 Å². The summed E-state index contributed by atoms with van der Waals surface area (Å²) in [7, 11) is 0. The number of carbonyl (C=O) groups is 2. The molecular weight excluding hydrogens is 336 g/mol. The van der Waals surface area contributed by atoms with Gasteiger partial charge in [0.2, 0.25) is 11.8 Å². The Morgan fingerprint density at radius 1 is 0.926 bits per heavy atom. The molecule has 4 nitrogen and oxygen atoms in total. The van der Waals surface area contributed by atoms with E-state index in [9.17, 15) is 9.59 Å². The summed E-state index contributed by atoms with van der Waals surface area (Å²) in [6, 6.07) is 20.2. The molecule has 0 aliphatic heterocycles. The van der Waals surface area contributed by atoms with Gasteiger partial charge >= 0.3 is 0 Å². The highest BCUT2D eigenvalue weighted by Gasteiger charge is 2.18. The van der Waals surface area contributed by atoms with E-state index in [0.717, 1.165) is 30.5 Å². The number of benzene rings is 2. The van der Waals surface area contributed by atoms with Crippen molar-refractivity contribution < 1.29 is 9.59 Å². The van der Waals surface area contributed by atoms with E-state index in [4.69, 9.17) is 0 Å². The molecule has 2 rings (SSSR count). The van der Waals surface area contributed by atoms with E-state index in [0.29, 0.717) is 19.5 Å². The second-order valence-electron chi connectivity index (χ2n) is 6.79. The third kappa shape index (κ3) is 6.89. The van der Waals surface area contributed by atoms with Gasteiger partial charge in [0.05, 0.1) is 0 Å². The smallest absolute Gasteiger partial charge is 0.221 e. The second-order valence-corrected chi connectivity index (χ2v) is 6.79. The number of nitrogens with zero attached hydrogens (tertiary/aromatic N) is 1. The zero-order valence-electron chi connectivity index (χ0n) is 16.4. The predicted octanol–water partition coefficient (Wildman–Crippen LogP) is 3.97. The molecule has 0 aliphatic rings. The zero-order valence-corrected chi connectivity index (χ0v) is 16.4. The fourth-order valence-corrected chi connectivity index (χ4v) is 3.16. The summed E-state index contributed by atoms with van der Waals surface area (Å²) in [5, 5.41) is 2.98. The molecule has 0 saturated heterocycles. The Balaban J connectivity index is 1.95. The van der Waals surface area contributed by atoms with Gasteiger partial charge in [-0.3, -0.25) is 9.59 Å². The van der Waals surface area contributed by atoms with Crippen LogP contribution in [0.3, 0.4) is 0 Å². The summed E-state index contributed by atoms with van der Waals surface area (Å²) >= 11 is 0. The first-order valence-corrected chi connectivity index (χ1v) is 9.74. The number of carbonyl (C=O) groups excluding carboxylic acids is 2. The molecule has 0 radical (unpaired) electrons. The van der Waals surface area contributed by atoms with Gasteiger partial charge in [-0.15, -0.1) is 0 Å². The number of unbranched alkanes of at least 4 members (excludes halogenated alkanes) is 1. The second kappa shape index (κ2) is 11.2. The Bertz CT molecular complexity index is 661. The highest BCUT2D eigenvalue weighted by Crippen LogP contribution is 2.27. The minimum atomic E-state index is 0.00620. The van der Waals surface area contributed by atoms with Gasteiger partial charge in [0, 0.05) is 38.9 Å². The minimum absolute atomic E-state index is 0.00620. The van der Waals surface area contributed by atoms with Crippen LogP contribution in [0.4, 0.5) is 0 Å². The average molecular weight is 367 g/mol. The van der Waals surface area contributed by atoms with Crippen molar-refractivity contribution in [2.45, 2.75) is 39.0 Å². The van der Waals surface area contributed by atoms with Crippen molar-refractivity contribution in [1.29, 1.82) is 0 Å². The van der Waals surface area contributed by atoms with E-state index >= 15 is 0 Å². The molecule has 0 heterocycles. The average Bonchev–Trinajstić information content (AvgIpc) is 2.69. The van der Waals surface area contributed by atoms with Gasteiger partial charge in [0.25, 0.3) is 0 Å². The zero-order chi connectivity index (χ0) is 19.5. The molecule has 0 unspecified atom stereocenters. The van der Waals surface area contributed by atoms with E-state index in [2.05, 4.69) is 36.5 Å². The topological polar surface area (TPSA) is 49.4 Å². The van der Waals surface area contributed by atoms with Gasteiger partial charge in [-0.25, -0.2) is 0 Å². The van der Waals surface area contributed by atoms with Crippen molar-refractivity contribution in [2.24, 2.45) is 0 Å². The Morgan fingerprint density at radius 3 is 1.96 bits per heavy atom. The number of hydrogen-bond acceptors (Lipinski definition) is 2. The first-order chi connectivity index (χ1) is 13.1. The Hall–Kier alpha value is -2.62. The van der Waals surface area contributed by atoms with Crippen LogP contribution in [0.15, 0.2) is 60.7 Å². The largest absolute Gasteiger partial charge is 0.354 e. The normalized spacial score (nSPS) is 10.6. The Morgan fingerprint density at radius 2 is 1.48 bits per heavy atom. The molecule has 2 aromatic rings. The predicted molar refractivity (Wildman–Crippen MR) is 110 cm³/mol. The maximum absolute atomic E-state index is 12.6. The molecule has 27 heavy (non-hydrogen) atoms. The van der Waals surface area contributed by atoms with Crippen molar-refractivity contribution in [3.05, 3.63) is 71.8 Å². The van der Waals surface area contributed by atoms with Crippen molar-refractivity contribution in [3.8, 4) is 0 Å². The fourth-order valence-electron chi connectivity index (χ4n) is 3.16. The van der Waals surface area contributed by atoms with E-state index in [1.807, 2.05) is 36.4 Å². The molecule has 1 N–H and O–H groups in total. The maximum atomic E-state index is 12.6. The van der Waals surface area contributed by atoms with Crippen LogP contribution in [0, 0.1) is 0 Å². The van der Waals surface area contributed by atoms with Crippen molar-refractivity contribution in [2.75, 3.05) is 19.6 Å². The molecule has 0 spiro atoms. The lowest BCUT2D eigenvalue weighted by Crippen LogP contribution is -2.38. The lowest BCUT2D eigenvalue weighted by molar-refractivity contribution is -0.129. The van der Waals surface area contributed by atoms with E-state index < -0.39 is 0 Å². The Labute approximate surface area is 162 Å². The van der Waals surface area contributed by atoms with Gasteiger partial charge in [-0.05, 0) is 17.5 Å². The van der Waals surface area contributed by atoms with Crippen LogP contribution in [0.2, 0.25) is 0 Å². The molecular formula is C23H30N2O2. The third-order valence-electron chi connectivity index (χ3n) is 4.72. The highest BCUT2D eigenvalue weighted by atomic mass is 16.2. The molecule has 2 amide bonds. The van der Waals surface area contributed by atoms with Gasteiger partial charge < -0.3 is 10.2 Å². The molecule has 0 bridgehead atoms. The molecule has 0 atom stereocenters. The summed E-state index contributed by atoms with van der Waals surface area (Å²) in [6.45, 7) is 5.48. The third-order valence-corrected chi connectivity index (χ3v) is 4.72. The number of hydrogen-bond donors (Lipinski definition) is 1. The fraction of sp³-hybridized carbons (Fsp3) is 0.391. The minimum Gasteiger partial charge on any atom is -0.354 e. The number of amides is 2. The summed E-state index contributed by atoms with van der Waals surface area (Å²) in [5.74, 6) is 0.0900. The van der Waals surface area contributed by atoms with Crippen molar-refractivity contribution in [1.82, 2.24) is 10.2 Å². The van der Waals surface area contributed by atoms with Gasteiger partial charge in [-0.2, -0.15) is 0 Å². The molecule has 0 aromatic heterocycles. The van der Waals surface area contributed by atoms with Gasteiger partial charge in [0.1, 0.15) is 0 Å². The van der Waals surface area contributed by atoms with E-state index in [1.165, 1.54) is 0 Å². The van der Waals surface area contributed by atoms with Crippen LogP contribution in [-0.2, 0) is 9.59 Å². The number of rotatable bonds is 10. The highest BCUT2D eigenvalue weighted by molar-refractivity contribution is 5.77. The molecule has 0 fully saturated rings. The van der Waals surface area contributed by atoms with E-state index in [1.54, 1.807) is 11.8 Å². The number of nitrogens with one attached hydrogen (secondary N) is 1. The quantitative estimate of drug-likeness (QED) is 0.692. The lowest BCUT2D eigenvalue weighted by Gasteiger charge is -2.22. The molecule has 0 saturated carbocycles. The van der Waals surface area contributed by atoms with E-state index in [-0.39, 0.29) is 17.7 Å². The van der Waals surface area contributed by atoms with Crippen LogP contribution >= 0.6 is 0 Å². The maximum Gasteiger partial charge on any atom is 0.221 e. The van der Waals surface area contributed by atoms with Crippen molar-refractivity contribution in [3.63, 3.8) is 0 Å². The monoisotopic (exact) mass is 366 g/mol. The van der Waals surface area contributed by atoms with Crippen LogP contribution in [0.5, 0.6) is 0 Å². The summed E-state index contributed by atoms with van der Waals surface area (Å²) in [4.78, 5) is 26.0. The molecule has 4 heteroatoms. The molecule has 2 aromatic carbocycles. The van der Waals surface area contributed by atoms with Gasteiger partial charge in [-0.1, -0.05) is 74.0 Å². The standard InChI is InChI=1S/C23H30N2O2/c1-3-4-16-25(19(2)26)17-15-24-23(27)18-22(20-11-7-5-8-12-20)21-13-9-6-10-14-21/h5-14,22H,3-4,15-18H2,1-2H3,(H,24,27). The summed E-state index contributed by atoms with van der Waals surface area (Å²) in [5.41, 5.74) is 2.26. The molecule has 0 aliphatic carbocycles. The lowest BCUT2D eigenvalue weighted by atomic mass is 9.88. The summed E-state index contributed by atoms with van der Waals surface area (Å²) < 4.78 is 0. The van der Waals surface area contributed by atoms with Crippen LogP contribution in [-0.4, -0.2) is 36.3 Å². The van der Waals surface area contributed by atoms with Gasteiger partial charge in [0.15, 0.2) is 0 Å². The Kier molecular flexibility index (Phi) is 8.56. The first kappa shape index (κ1) is 20.7. The van der Waals surface area contributed by atoms with Crippen LogP contribution in [0.25, 0.3) is 0 Å². The summed E-state index contributed by atoms with van der Waals surface area (Å²) in [6.07, 6.45) is 2.42.